The molecule has 38 heavy (non-hydrogen) atoms. The zero-order valence-corrected chi connectivity index (χ0v) is 20.1. The van der Waals surface area contributed by atoms with Crippen molar-refractivity contribution < 1.29 is 27.5 Å². The van der Waals surface area contributed by atoms with Crippen molar-refractivity contribution in [2.75, 3.05) is 11.9 Å². The maximum absolute atomic E-state index is 13.6. The molecule has 0 saturated heterocycles. The molecule has 0 saturated carbocycles. The van der Waals surface area contributed by atoms with E-state index in [-0.39, 0.29) is 17.9 Å². The first-order valence-corrected chi connectivity index (χ1v) is 11.9. The van der Waals surface area contributed by atoms with Crippen molar-refractivity contribution in [2.24, 2.45) is 0 Å². The van der Waals surface area contributed by atoms with E-state index >= 15 is 0 Å². The zero-order valence-electron chi connectivity index (χ0n) is 20.1. The van der Waals surface area contributed by atoms with Crippen molar-refractivity contribution >= 4 is 17.5 Å². The first kappa shape index (κ1) is 25.1. The van der Waals surface area contributed by atoms with Crippen LogP contribution in [0.2, 0.25) is 0 Å². The van der Waals surface area contributed by atoms with Gasteiger partial charge in [0.05, 0.1) is 5.56 Å². The van der Waals surface area contributed by atoms with Gasteiger partial charge in [-0.05, 0) is 53.1 Å². The van der Waals surface area contributed by atoms with E-state index in [2.05, 4.69) is 5.32 Å². The summed E-state index contributed by atoms with van der Waals surface area (Å²) in [5.74, 6) is -1.11. The molecule has 0 radical (unpaired) electrons. The number of hydrogen-bond acceptors (Lipinski definition) is 3. The zero-order chi connectivity index (χ0) is 26.7. The summed E-state index contributed by atoms with van der Waals surface area (Å²) in [5, 5.41) is 2.74. The monoisotopic (exact) mass is 516 g/mol. The van der Waals surface area contributed by atoms with Crippen LogP contribution in [0.4, 0.5) is 18.9 Å². The van der Waals surface area contributed by atoms with E-state index in [0.29, 0.717) is 11.3 Å². The van der Waals surface area contributed by atoms with Gasteiger partial charge in [0.1, 0.15) is 11.8 Å². The summed E-state index contributed by atoms with van der Waals surface area (Å²) >= 11 is 0. The number of benzene rings is 4. The molecule has 1 aliphatic rings. The molecule has 5 rings (SSSR count). The van der Waals surface area contributed by atoms with Crippen molar-refractivity contribution in [1.29, 1.82) is 0 Å². The van der Waals surface area contributed by atoms with Crippen molar-refractivity contribution in [1.82, 2.24) is 4.90 Å². The van der Waals surface area contributed by atoms with E-state index in [1.807, 2.05) is 54.6 Å². The van der Waals surface area contributed by atoms with E-state index in [1.54, 1.807) is 30.3 Å². The number of ether oxygens (including phenoxy) is 1. The van der Waals surface area contributed by atoms with Crippen LogP contribution in [-0.2, 0) is 22.3 Å². The van der Waals surface area contributed by atoms with E-state index in [0.717, 1.165) is 29.3 Å². The lowest BCUT2D eigenvalue weighted by molar-refractivity contribution is -0.140. The Hall–Kier alpha value is -4.59. The summed E-state index contributed by atoms with van der Waals surface area (Å²) < 4.78 is 46.5. The maximum atomic E-state index is 13.6. The lowest BCUT2D eigenvalue weighted by Crippen LogP contribution is -2.41. The van der Waals surface area contributed by atoms with Gasteiger partial charge in [-0.2, -0.15) is 13.2 Å². The number of hydrogen-bond donors (Lipinski definition) is 1. The predicted molar refractivity (Wildman–Crippen MR) is 137 cm³/mol. The number of fused-ring (bicyclic) bond motifs is 1. The van der Waals surface area contributed by atoms with Crippen LogP contribution >= 0.6 is 0 Å². The molecule has 1 aliphatic heterocycles. The highest BCUT2D eigenvalue weighted by Crippen LogP contribution is 2.39. The highest BCUT2D eigenvalue weighted by molar-refractivity contribution is 5.99. The third-order valence-corrected chi connectivity index (χ3v) is 6.29. The van der Waals surface area contributed by atoms with Crippen LogP contribution in [0.5, 0.6) is 5.75 Å². The van der Waals surface area contributed by atoms with Crippen LogP contribution in [0.3, 0.4) is 0 Å². The molecule has 0 aromatic heterocycles. The molecule has 0 aliphatic carbocycles. The quantitative estimate of drug-likeness (QED) is 0.331. The minimum absolute atomic E-state index is 0.00850. The van der Waals surface area contributed by atoms with Gasteiger partial charge < -0.3 is 15.0 Å². The van der Waals surface area contributed by atoms with Gasteiger partial charge in [-0.25, -0.2) is 0 Å². The normalized spacial score (nSPS) is 15.3. The molecule has 0 spiro atoms. The molecule has 192 valence electrons. The molecule has 1 atom stereocenters. The van der Waals surface area contributed by atoms with Crippen LogP contribution in [0.1, 0.15) is 22.7 Å². The van der Waals surface area contributed by atoms with Gasteiger partial charge in [-0.15, -0.1) is 0 Å². The Balaban J connectivity index is 1.57. The Morgan fingerprint density at radius 3 is 2.26 bits per heavy atom. The van der Waals surface area contributed by atoms with E-state index in [9.17, 15) is 22.8 Å². The van der Waals surface area contributed by atoms with Crippen molar-refractivity contribution in [2.45, 2.75) is 18.8 Å². The molecule has 1 N–H and O–H groups in total. The van der Waals surface area contributed by atoms with Crippen LogP contribution in [0.15, 0.2) is 103 Å². The fourth-order valence-corrected chi connectivity index (χ4v) is 4.48. The van der Waals surface area contributed by atoms with Crippen LogP contribution < -0.4 is 10.1 Å². The van der Waals surface area contributed by atoms with E-state index < -0.39 is 36.2 Å². The lowest BCUT2D eigenvalue weighted by Gasteiger charge is -2.30. The second-order valence-electron chi connectivity index (χ2n) is 8.88. The molecule has 4 aromatic rings. The molecular formula is C30H23F3N2O3. The average Bonchev–Trinajstić information content (AvgIpc) is 3.05. The first-order chi connectivity index (χ1) is 18.3. The van der Waals surface area contributed by atoms with Crippen LogP contribution in [-0.4, -0.2) is 23.3 Å². The number of nitrogens with one attached hydrogen (secondary N) is 1. The average molecular weight is 517 g/mol. The van der Waals surface area contributed by atoms with Gasteiger partial charge in [0.2, 0.25) is 0 Å². The van der Waals surface area contributed by atoms with Gasteiger partial charge in [-0.3, -0.25) is 9.59 Å². The van der Waals surface area contributed by atoms with Gasteiger partial charge in [0.25, 0.3) is 11.8 Å². The Morgan fingerprint density at radius 1 is 0.868 bits per heavy atom. The van der Waals surface area contributed by atoms with Crippen molar-refractivity contribution in [3.8, 4) is 16.9 Å². The summed E-state index contributed by atoms with van der Waals surface area (Å²) in [7, 11) is 0. The Bertz CT molecular complexity index is 1460. The molecule has 0 fully saturated rings. The Labute approximate surface area is 217 Å². The number of anilines is 1. The largest absolute Gasteiger partial charge is 0.483 e. The molecule has 0 bridgehead atoms. The summed E-state index contributed by atoms with van der Waals surface area (Å²) in [6.07, 6.45) is -4.64. The van der Waals surface area contributed by atoms with Crippen molar-refractivity contribution in [3.63, 3.8) is 0 Å². The maximum Gasteiger partial charge on any atom is 0.416 e. The third-order valence-electron chi connectivity index (χ3n) is 6.29. The standard InChI is InChI=1S/C30H23F3N2O3/c31-30(32,33)23-14-15-26-25(17-23)28(29(37)34-24-12-5-2-6-13-24)35(27(36)19-38-26)18-20-8-7-11-22(16-20)21-9-3-1-4-10-21/h1-17,28H,18-19H2,(H,34,37). The Kier molecular flexibility index (Phi) is 6.87. The summed E-state index contributed by atoms with van der Waals surface area (Å²) in [5.41, 5.74) is 2.09. The minimum Gasteiger partial charge on any atom is -0.483 e. The molecular weight excluding hydrogens is 493 g/mol. The van der Waals surface area contributed by atoms with Crippen LogP contribution in [0.25, 0.3) is 11.1 Å². The number of rotatable bonds is 5. The fraction of sp³-hybridized carbons (Fsp3) is 0.133. The SMILES string of the molecule is O=C(Nc1ccccc1)C1c2cc(C(F)(F)F)ccc2OCC(=O)N1Cc1cccc(-c2ccccc2)c1. The van der Waals surface area contributed by atoms with Crippen molar-refractivity contribution in [3.05, 3.63) is 120 Å². The smallest absolute Gasteiger partial charge is 0.416 e. The second-order valence-corrected chi connectivity index (χ2v) is 8.88. The van der Waals surface area contributed by atoms with Gasteiger partial charge in [0, 0.05) is 17.8 Å². The second kappa shape index (κ2) is 10.4. The Morgan fingerprint density at radius 2 is 1.55 bits per heavy atom. The highest BCUT2D eigenvalue weighted by atomic mass is 19.4. The third kappa shape index (κ3) is 5.39. The van der Waals surface area contributed by atoms with Gasteiger partial charge >= 0.3 is 6.18 Å². The molecule has 4 aromatic carbocycles. The fourth-order valence-electron chi connectivity index (χ4n) is 4.48. The molecule has 8 heteroatoms. The van der Waals surface area contributed by atoms with E-state index in [1.165, 1.54) is 4.90 Å². The van der Waals surface area contributed by atoms with Gasteiger partial charge in [0.15, 0.2) is 6.61 Å². The minimum atomic E-state index is -4.64. The number of para-hydroxylation sites is 1. The first-order valence-electron chi connectivity index (χ1n) is 11.9. The van der Waals surface area contributed by atoms with E-state index in [4.69, 9.17) is 4.74 Å². The molecule has 5 nitrogen and oxygen atoms in total. The number of amides is 2. The number of alkyl halides is 3. The predicted octanol–water partition coefficient (Wildman–Crippen LogP) is 6.47. The number of carbonyl (C=O) groups excluding carboxylic acids is 2. The van der Waals surface area contributed by atoms with Crippen LogP contribution in [0, 0.1) is 0 Å². The summed E-state index contributed by atoms with van der Waals surface area (Å²) in [4.78, 5) is 28.2. The highest BCUT2D eigenvalue weighted by Gasteiger charge is 2.39. The summed E-state index contributed by atoms with van der Waals surface area (Å²) in [6, 6.07) is 27.2. The summed E-state index contributed by atoms with van der Waals surface area (Å²) in [6.45, 7) is -0.419. The topological polar surface area (TPSA) is 58.6 Å². The molecule has 2 amide bonds. The lowest BCUT2D eigenvalue weighted by atomic mass is 9.98. The number of nitrogens with zero attached hydrogens (tertiary/aromatic N) is 1. The number of halogens is 3. The molecule has 1 unspecified atom stereocenters. The van der Waals surface area contributed by atoms with Gasteiger partial charge in [-0.1, -0.05) is 66.7 Å². The number of carbonyl (C=O) groups is 2. The molecule has 1 heterocycles.